The number of thioether (sulfide) groups is 1. The molecule has 2 rings (SSSR count). The second-order valence-corrected chi connectivity index (χ2v) is 9.87. The normalized spacial score (nSPS) is 18.9. The first kappa shape index (κ1) is 20.6. The van der Waals surface area contributed by atoms with Crippen LogP contribution in [0.5, 0.6) is 0 Å². The van der Waals surface area contributed by atoms with E-state index in [0.717, 1.165) is 34.9 Å². The second-order valence-electron chi connectivity index (χ2n) is 6.07. The Morgan fingerprint density at radius 2 is 2.24 bits per heavy atom. The van der Waals surface area contributed by atoms with Crippen molar-refractivity contribution in [3.8, 4) is 0 Å². The van der Waals surface area contributed by atoms with Crippen LogP contribution in [0.4, 0.5) is 0 Å². The SMILES string of the molecule is CCS(=O)(=O)N1CCC[C@H](C(=O)NCCSCc2cccc(Cl)c2)C1. The monoisotopic (exact) mass is 404 g/mol. The van der Waals surface area contributed by atoms with E-state index >= 15 is 0 Å². The molecule has 1 amide bonds. The fourth-order valence-electron chi connectivity index (χ4n) is 2.80. The van der Waals surface area contributed by atoms with Gasteiger partial charge in [-0.3, -0.25) is 4.79 Å². The highest BCUT2D eigenvalue weighted by Crippen LogP contribution is 2.20. The summed E-state index contributed by atoms with van der Waals surface area (Å²) in [6, 6.07) is 7.75. The molecule has 0 radical (unpaired) electrons. The quantitative estimate of drug-likeness (QED) is 0.676. The molecule has 1 aromatic carbocycles. The van der Waals surface area contributed by atoms with E-state index in [-0.39, 0.29) is 17.6 Å². The average Bonchev–Trinajstić information content (AvgIpc) is 2.61. The molecule has 0 aliphatic carbocycles. The molecular weight excluding hydrogens is 380 g/mol. The molecule has 1 aliphatic heterocycles. The van der Waals surface area contributed by atoms with E-state index in [2.05, 4.69) is 5.32 Å². The zero-order valence-corrected chi connectivity index (χ0v) is 16.8. The average molecular weight is 405 g/mol. The lowest BCUT2D eigenvalue weighted by Gasteiger charge is -2.30. The van der Waals surface area contributed by atoms with Crippen LogP contribution in [0, 0.1) is 5.92 Å². The molecule has 0 aromatic heterocycles. The van der Waals surface area contributed by atoms with Crippen LogP contribution in [0.1, 0.15) is 25.3 Å². The fourth-order valence-corrected chi connectivity index (χ4v) is 5.00. The van der Waals surface area contributed by atoms with E-state index in [0.29, 0.717) is 19.6 Å². The maximum absolute atomic E-state index is 12.3. The van der Waals surface area contributed by atoms with Crippen LogP contribution < -0.4 is 5.32 Å². The van der Waals surface area contributed by atoms with Crippen LogP contribution in [-0.2, 0) is 20.6 Å². The first-order chi connectivity index (χ1) is 11.9. The molecule has 1 fully saturated rings. The Balaban J connectivity index is 1.69. The Kier molecular flexibility index (Phi) is 8.06. The minimum Gasteiger partial charge on any atom is -0.355 e. The van der Waals surface area contributed by atoms with Gasteiger partial charge in [-0.1, -0.05) is 23.7 Å². The van der Waals surface area contributed by atoms with Crippen molar-refractivity contribution >= 4 is 39.3 Å². The van der Waals surface area contributed by atoms with E-state index < -0.39 is 10.0 Å². The van der Waals surface area contributed by atoms with Crippen molar-refractivity contribution in [2.24, 2.45) is 5.92 Å². The summed E-state index contributed by atoms with van der Waals surface area (Å²) in [7, 11) is -3.21. The van der Waals surface area contributed by atoms with Gasteiger partial charge in [-0.2, -0.15) is 11.8 Å². The van der Waals surface area contributed by atoms with E-state index in [9.17, 15) is 13.2 Å². The summed E-state index contributed by atoms with van der Waals surface area (Å²) in [5.41, 5.74) is 1.16. The lowest BCUT2D eigenvalue weighted by atomic mass is 9.99. The molecule has 1 atom stereocenters. The summed E-state index contributed by atoms with van der Waals surface area (Å²) in [6.45, 7) is 3.05. The van der Waals surface area contributed by atoms with Crippen LogP contribution in [0.25, 0.3) is 0 Å². The minimum absolute atomic E-state index is 0.0423. The zero-order chi connectivity index (χ0) is 18.3. The van der Waals surface area contributed by atoms with Gasteiger partial charge in [0.15, 0.2) is 0 Å². The van der Waals surface area contributed by atoms with E-state index in [1.54, 1.807) is 18.7 Å². The van der Waals surface area contributed by atoms with Crippen molar-refractivity contribution in [1.29, 1.82) is 0 Å². The Morgan fingerprint density at radius 1 is 1.44 bits per heavy atom. The molecule has 0 saturated carbocycles. The van der Waals surface area contributed by atoms with E-state index in [1.165, 1.54) is 4.31 Å². The molecule has 8 heteroatoms. The van der Waals surface area contributed by atoms with E-state index in [1.807, 2.05) is 24.3 Å². The van der Waals surface area contributed by atoms with Crippen molar-refractivity contribution in [2.75, 3.05) is 31.1 Å². The fraction of sp³-hybridized carbons (Fsp3) is 0.588. The molecule has 140 valence electrons. The van der Waals surface area contributed by atoms with Crippen molar-refractivity contribution < 1.29 is 13.2 Å². The minimum atomic E-state index is -3.21. The third-order valence-electron chi connectivity index (χ3n) is 4.22. The van der Waals surface area contributed by atoms with Crippen LogP contribution in [0.3, 0.4) is 0 Å². The van der Waals surface area contributed by atoms with Gasteiger partial charge >= 0.3 is 0 Å². The van der Waals surface area contributed by atoms with Crippen molar-refractivity contribution in [3.63, 3.8) is 0 Å². The third kappa shape index (κ3) is 6.47. The summed E-state index contributed by atoms with van der Waals surface area (Å²) in [5.74, 6) is 1.46. The smallest absolute Gasteiger partial charge is 0.224 e. The molecule has 1 aromatic rings. The molecule has 0 unspecified atom stereocenters. The molecule has 1 aliphatic rings. The molecule has 25 heavy (non-hydrogen) atoms. The standard InChI is InChI=1S/C17H25ClN2O3S2/c1-2-25(22,23)20-9-4-6-15(12-20)17(21)19-8-10-24-13-14-5-3-7-16(18)11-14/h3,5,7,11,15H,2,4,6,8-10,12-13H2,1H3,(H,19,21)/t15-/m0/s1. The van der Waals surface area contributed by atoms with Gasteiger partial charge in [-0.05, 0) is 37.5 Å². The number of rotatable bonds is 8. The van der Waals surface area contributed by atoms with Crippen molar-refractivity contribution in [1.82, 2.24) is 9.62 Å². The summed E-state index contributed by atoms with van der Waals surface area (Å²) in [5, 5.41) is 3.66. The topological polar surface area (TPSA) is 66.5 Å². The molecule has 0 spiro atoms. The highest BCUT2D eigenvalue weighted by Gasteiger charge is 2.31. The van der Waals surface area contributed by atoms with Crippen LogP contribution in [-0.4, -0.2) is 49.8 Å². The zero-order valence-electron chi connectivity index (χ0n) is 14.4. The molecular formula is C17H25ClN2O3S2. The number of hydrogen-bond donors (Lipinski definition) is 1. The number of nitrogens with one attached hydrogen (secondary N) is 1. The van der Waals surface area contributed by atoms with Crippen molar-refractivity contribution in [2.45, 2.75) is 25.5 Å². The summed E-state index contributed by atoms with van der Waals surface area (Å²) in [6.07, 6.45) is 1.48. The number of carbonyl (C=O) groups excluding carboxylic acids is 1. The number of carbonyl (C=O) groups is 1. The third-order valence-corrected chi connectivity index (χ3v) is 7.33. The van der Waals surface area contributed by atoms with E-state index in [4.69, 9.17) is 11.6 Å². The number of hydrogen-bond acceptors (Lipinski definition) is 4. The Hall–Kier alpha value is -0.760. The highest BCUT2D eigenvalue weighted by atomic mass is 35.5. The first-order valence-corrected chi connectivity index (χ1v) is 11.6. The summed E-state index contributed by atoms with van der Waals surface area (Å²) < 4.78 is 25.4. The summed E-state index contributed by atoms with van der Waals surface area (Å²) in [4.78, 5) is 12.3. The summed E-state index contributed by atoms with van der Waals surface area (Å²) >= 11 is 7.69. The maximum Gasteiger partial charge on any atom is 0.224 e. The molecule has 1 heterocycles. The number of benzene rings is 1. The Labute approximate surface area is 159 Å². The highest BCUT2D eigenvalue weighted by molar-refractivity contribution is 7.98. The first-order valence-electron chi connectivity index (χ1n) is 8.50. The Morgan fingerprint density at radius 3 is 2.96 bits per heavy atom. The number of halogens is 1. The maximum atomic E-state index is 12.3. The molecule has 0 bridgehead atoms. The van der Waals surface area contributed by atoms with Gasteiger partial charge in [0, 0.05) is 36.2 Å². The number of amides is 1. The number of sulfonamides is 1. The van der Waals surface area contributed by atoms with Gasteiger partial charge in [0.1, 0.15) is 0 Å². The number of nitrogens with zero attached hydrogens (tertiary/aromatic N) is 1. The van der Waals surface area contributed by atoms with Crippen molar-refractivity contribution in [3.05, 3.63) is 34.9 Å². The lowest BCUT2D eigenvalue weighted by molar-refractivity contribution is -0.125. The van der Waals surface area contributed by atoms with Gasteiger partial charge in [0.2, 0.25) is 15.9 Å². The largest absolute Gasteiger partial charge is 0.355 e. The van der Waals surface area contributed by atoms with Crippen LogP contribution in [0.15, 0.2) is 24.3 Å². The second kappa shape index (κ2) is 9.80. The van der Waals surface area contributed by atoms with Gasteiger partial charge in [0.05, 0.1) is 11.7 Å². The van der Waals surface area contributed by atoms with Crippen LogP contribution in [0.2, 0.25) is 5.02 Å². The molecule has 5 nitrogen and oxygen atoms in total. The van der Waals surface area contributed by atoms with Gasteiger partial charge < -0.3 is 5.32 Å². The van der Waals surface area contributed by atoms with Gasteiger partial charge in [-0.15, -0.1) is 0 Å². The molecule has 1 N–H and O–H groups in total. The Bertz CT molecular complexity index is 682. The van der Waals surface area contributed by atoms with Gasteiger partial charge in [0.25, 0.3) is 0 Å². The predicted octanol–water partition coefficient (Wildman–Crippen LogP) is 2.75. The lowest BCUT2D eigenvalue weighted by Crippen LogP contribution is -2.46. The van der Waals surface area contributed by atoms with Gasteiger partial charge in [-0.25, -0.2) is 12.7 Å². The van der Waals surface area contributed by atoms with Crippen LogP contribution >= 0.6 is 23.4 Å². The predicted molar refractivity (Wildman–Crippen MR) is 104 cm³/mol. The number of piperidine rings is 1. The molecule has 1 saturated heterocycles.